The molecule has 0 aliphatic rings. The Morgan fingerprint density at radius 1 is 1.47 bits per heavy atom. The average molecular weight is 225 g/mol. The van der Waals surface area contributed by atoms with Crippen molar-refractivity contribution in [2.24, 2.45) is 7.05 Å². The Morgan fingerprint density at radius 2 is 2.33 bits per heavy atom. The lowest BCUT2D eigenvalue weighted by Gasteiger charge is -2.00. The Morgan fingerprint density at radius 3 is 3.00 bits per heavy atom. The van der Waals surface area contributed by atoms with Crippen LogP contribution in [0.1, 0.15) is 5.69 Å². The quantitative estimate of drug-likeness (QED) is 0.746. The molecule has 2 heterocycles. The van der Waals surface area contributed by atoms with Crippen molar-refractivity contribution in [1.29, 1.82) is 0 Å². The molecule has 2 rings (SSSR count). The second-order valence-corrected chi connectivity index (χ2v) is 3.17. The Hall–Kier alpha value is -1.62. The monoisotopic (exact) mass is 224 g/mol. The van der Waals surface area contributed by atoms with Crippen molar-refractivity contribution in [2.45, 2.75) is 5.88 Å². The first-order valence-corrected chi connectivity index (χ1v) is 4.87. The Bertz CT molecular complexity index is 457. The molecular weight excluding hydrogens is 216 g/mol. The molecule has 0 aliphatic heterocycles. The molecule has 0 radical (unpaired) electrons. The summed E-state index contributed by atoms with van der Waals surface area (Å²) >= 11 is 5.65. The number of alkyl halides is 1. The van der Waals surface area contributed by atoms with Gasteiger partial charge >= 0.3 is 6.01 Å². The molecule has 6 heteroatoms. The molecule has 15 heavy (non-hydrogen) atoms. The van der Waals surface area contributed by atoms with Gasteiger partial charge in [0.25, 0.3) is 0 Å². The summed E-state index contributed by atoms with van der Waals surface area (Å²) in [5, 5.41) is 3.97. The maximum atomic E-state index is 5.65. The summed E-state index contributed by atoms with van der Waals surface area (Å²) in [6.07, 6.45) is 1.56. The molecular formula is C9H9ClN4O. The van der Waals surface area contributed by atoms with Crippen LogP contribution in [0, 0.1) is 0 Å². The third-order valence-electron chi connectivity index (χ3n) is 1.69. The van der Waals surface area contributed by atoms with E-state index in [1.165, 1.54) is 0 Å². The summed E-state index contributed by atoms with van der Waals surface area (Å²) in [6, 6.07) is 5.65. The molecule has 2 aromatic heterocycles. The fourth-order valence-corrected chi connectivity index (χ4v) is 1.20. The van der Waals surface area contributed by atoms with Gasteiger partial charge in [-0.15, -0.1) is 16.7 Å². The molecule has 0 unspecified atom stereocenters. The van der Waals surface area contributed by atoms with Crippen LogP contribution in [-0.2, 0) is 12.9 Å². The van der Waals surface area contributed by atoms with Crippen molar-refractivity contribution < 1.29 is 4.74 Å². The Kier molecular flexibility index (Phi) is 2.82. The van der Waals surface area contributed by atoms with Crippen LogP contribution in [0.25, 0.3) is 0 Å². The third-order valence-corrected chi connectivity index (χ3v) is 1.97. The zero-order valence-corrected chi connectivity index (χ0v) is 8.85. The molecule has 0 aromatic carbocycles. The van der Waals surface area contributed by atoms with E-state index in [0.29, 0.717) is 11.8 Å². The molecule has 2 aromatic rings. The summed E-state index contributed by atoms with van der Waals surface area (Å²) in [7, 11) is 1.77. The molecule has 0 amide bonds. The molecule has 0 aliphatic carbocycles. The third kappa shape index (κ3) is 2.44. The summed E-state index contributed by atoms with van der Waals surface area (Å²) in [6.45, 7) is 0. The van der Waals surface area contributed by atoms with Crippen molar-refractivity contribution in [3.05, 3.63) is 30.2 Å². The number of ether oxygens (including phenoxy) is 1. The van der Waals surface area contributed by atoms with Crippen molar-refractivity contribution >= 4 is 11.6 Å². The number of pyridine rings is 1. The SMILES string of the molecule is Cn1cnc(Oc2cccc(CCl)n2)n1. The lowest BCUT2D eigenvalue weighted by atomic mass is 10.4. The molecule has 0 spiro atoms. The minimum atomic E-state index is 0.275. The number of hydrogen-bond donors (Lipinski definition) is 0. The van der Waals surface area contributed by atoms with Crippen molar-refractivity contribution in [3.8, 4) is 11.9 Å². The molecule has 0 bridgehead atoms. The van der Waals surface area contributed by atoms with Crippen molar-refractivity contribution in [1.82, 2.24) is 19.7 Å². The van der Waals surface area contributed by atoms with Crippen LogP contribution in [-0.4, -0.2) is 19.7 Å². The fourth-order valence-electron chi connectivity index (χ4n) is 1.05. The van der Waals surface area contributed by atoms with E-state index in [4.69, 9.17) is 16.3 Å². The topological polar surface area (TPSA) is 52.8 Å². The van der Waals surface area contributed by atoms with Gasteiger partial charge in [-0.3, -0.25) is 4.68 Å². The van der Waals surface area contributed by atoms with Gasteiger partial charge in [0, 0.05) is 13.1 Å². The lowest BCUT2D eigenvalue weighted by molar-refractivity contribution is 0.421. The fraction of sp³-hybridized carbons (Fsp3) is 0.222. The number of halogens is 1. The molecule has 0 N–H and O–H groups in total. The molecule has 0 atom stereocenters. The molecule has 0 fully saturated rings. The number of aromatic nitrogens is 4. The number of aryl methyl sites for hydroxylation is 1. The average Bonchev–Trinajstić information content (AvgIpc) is 2.64. The zero-order valence-electron chi connectivity index (χ0n) is 8.09. The van der Waals surface area contributed by atoms with Gasteiger partial charge in [-0.2, -0.15) is 4.98 Å². The van der Waals surface area contributed by atoms with Crippen LogP contribution in [0.15, 0.2) is 24.5 Å². The molecule has 5 nitrogen and oxygen atoms in total. The smallest absolute Gasteiger partial charge is 0.342 e. The predicted octanol–water partition coefficient (Wildman–Crippen LogP) is 1.74. The van der Waals surface area contributed by atoms with E-state index >= 15 is 0 Å². The molecule has 78 valence electrons. The first-order chi connectivity index (χ1) is 7.28. The van der Waals surface area contributed by atoms with Gasteiger partial charge in [-0.1, -0.05) is 6.07 Å². The van der Waals surface area contributed by atoms with Gasteiger partial charge < -0.3 is 4.74 Å². The number of rotatable bonds is 3. The highest BCUT2D eigenvalue weighted by Crippen LogP contribution is 2.15. The second-order valence-electron chi connectivity index (χ2n) is 2.90. The van der Waals surface area contributed by atoms with Crippen molar-refractivity contribution in [2.75, 3.05) is 0 Å². The van der Waals surface area contributed by atoms with E-state index in [9.17, 15) is 0 Å². The van der Waals surface area contributed by atoms with Crippen LogP contribution in [0.4, 0.5) is 0 Å². The van der Waals surface area contributed by atoms with Gasteiger partial charge in [-0.25, -0.2) is 4.98 Å². The van der Waals surface area contributed by atoms with Gasteiger partial charge in [0.15, 0.2) is 0 Å². The largest absolute Gasteiger partial charge is 0.404 e. The van der Waals surface area contributed by atoms with Crippen molar-refractivity contribution in [3.63, 3.8) is 0 Å². The van der Waals surface area contributed by atoms with E-state index in [2.05, 4.69) is 15.1 Å². The molecule has 0 saturated carbocycles. The van der Waals surface area contributed by atoms with E-state index < -0.39 is 0 Å². The van der Waals surface area contributed by atoms with Gasteiger partial charge in [-0.05, 0) is 6.07 Å². The standard InChI is InChI=1S/C9H9ClN4O/c1-14-6-11-9(13-14)15-8-4-2-3-7(5-10)12-8/h2-4,6H,5H2,1H3. The van der Waals surface area contributed by atoms with E-state index in [0.717, 1.165) is 5.69 Å². The summed E-state index contributed by atoms with van der Waals surface area (Å²) in [5.74, 6) is 0.798. The number of nitrogens with zero attached hydrogens (tertiary/aromatic N) is 4. The van der Waals surface area contributed by atoms with Gasteiger partial charge in [0.2, 0.25) is 5.88 Å². The first-order valence-electron chi connectivity index (χ1n) is 4.33. The van der Waals surface area contributed by atoms with Crippen LogP contribution in [0.2, 0.25) is 0 Å². The van der Waals surface area contributed by atoms with Crippen LogP contribution < -0.4 is 4.74 Å². The van der Waals surface area contributed by atoms with E-state index in [1.54, 1.807) is 24.1 Å². The highest BCUT2D eigenvalue weighted by Gasteiger charge is 2.03. The first kappa shape index (κ1) is 9.92. The summed E-state index contributed by atoms with van der Waals surface area (Å²) in [4.78, 5) is 8.08. The maximum absolute atomic E-state index is 5.65. The van der Waals surface area contributed by atoms with Gasteiger partial charge in [0.1, 0.15) is 6.33 Å². The lowest BCUT2D eigenvalue weighted by Crippen LogP contribution is -1.93. The van der Waals surface area contributed by atoms with E-state index in [1.807, 2.05) is 12.1 Å². The summed E-state index contributed by atoms with van der Waals surface area (Å²) in [5.41, 5.74) is 0.755. The normalized spacial score (nSPS) is 10.3. The highest BCUT2D eigenvalue weighted by atomic mass is 35.5. The Labute approximate surface area is 91.7 Å². The van der Waals surface area contributed by atoms with Crippen LogP contribution >= 0.6 is 11.6 Å². The minimum absolute atomic E-state index is 0.275. The predicted molar refractivity (Wildman–Crippen MR) is 54.9 cm³/mol. The highest BCUT2D eigenvalue weighted by molar-refractivity contribution is 6.16. The maximum Gasteiger partial charge on any atom is 0.342 e. The van der Waals surface area contributed by atoms with E-state index in [-0.39, 0.29) is 6.01 Å². The summed E-state index contributed by atoms with van der Waals surface area (Å²) < 4.78 is 6.89. The van der Waals surface area contributed by atoms with Crippen LogP contribution in [0.5, 0.6) is 11.9 Å². The minimum Gasteiger partial charge on any atom is -0.404 e. The number of hydrogen-bond acceptors (Lipinski definition) is 4. The molecule has 0 saturated heterocycles. The second kappa shape index (κ2) is 4.27. The van der Waals surface area contributed by atoms with Crippen LogP contribution in [0.3, 0.4) is 0 Å². The zero-order chi connectivity index (χ0) is 10.7. The van der Waals surface area contributed by atoms with Gasteiger partial charge in [0.05, 0.1) is 11.6 Å². The Balaban J connectivity index is 2.16.